The molecule has 2 aromatic carbocycles. The molecule has 130 valence electrons. The summed E-state index contributed by atoms with van der Waals surface area (Å²) in [4.78, 5) is 17.1. The second-order valence-corrected chi connectivity index (χ2v) is 8.62. The van der Waals surface area contributed by atoms with Gasteiger partial charge < -0.3 is 5.11 Å². The van der Waals surface area contributed by atoms with Crippen molar-refractivity contribution in [2.45, 2.75) is 6.54 Å². The van der Waals surface area contributed by atoms with E-state index in [2.05, 4.69) is 36.9 Å². The molecule has 4 rings (SSSR count). The van der Waals surface area contributed by atoms with Crippen LogP contribution in [0.15, 0.2) is 61.2 Å². The van der Waals surface area contributed by atoms with Gasteiger partial charge in [-0.05, 0) is 42.0 Å². The molecule has 0 saturated heterocycles. The predicted octanol–water partition coefficient (Wildman–Crippen LogP) is 5.45. The van der Waals surface area contributed by atoms with Crippen LogP contribution in [0.1, 0.15) is 16.0 Å². The van der Waals surface area contributed by atoms with E-state index in [0.717, 1.165) is 42.7 Å². The first-order valence-corrected chi connectivity index (χ1v) is 10.1. The van der Waals surface area contributed by atoms with Crippen molar-refractivity contribution in [1.29, 1.82) is 0 Å². The van der Waals surface area contributed by atoms with Crippen molar-refractivity contribution in [3.8, 4) is 5.88 Å². The van der Waals surface area contributed by atoms with Gasteiger partial charge in [-0.25, -0.2) is 0 Å². The average Bonchev–Trinajstić information content (AvgIpc) is 3.11. The molecule has 1 aliphatic rings. The third-order valence-electron chi connectivity index (χ3n) is 4.02. The summed E-state index contributed by atoms with van der Waals surface area (Å²) < 4.78 is 3.27. The topological polar surface area (TPSA) is 54.6 Å². The monoisotopic (exact) mass is 490 g/mol. The number of allylic oxidation sites excluding steroid dienone is 1. The number of aromatic nitrogens is 1. The molecule has 0 atom stereocenters. The van der Waals surface area contributed by atoms with E-state index >= 15 is 0 Å². The number of hydrogen-bond acceptors (Lipinski definition) is 4. The van der Waals surface area contributed by atoms with Gasteiger partial charge in [0, 0.05) is 26.3 Å². The molecular formula is C19H12Br2N2O2S. The average molecular weight is 492 g/mol. The number of nitrogens with zero attached hydrogens (tertiary/aromatic N) is 2. The molecule has 4 nitrogen and oxygen atoms in total. The van der Waals surface area contributed by atoms with E-state index in [1.807, 2.05) is 42.5 Å². The van der Waals surface area contributed by atoms with Crippen molar-refractivity contribution < 1.29 is 5.11 Å². The Morgan fingerprint density at radius 3 is 2.77 bits per heavy atom. The van der Waals surface area contributed by atoms with Crippen molar-refractivity contribution in [2.75, 3.05) is 0 Å². The van der Waals surface area contributed by atoms with E-state index in [0.29, 0.717) is 11.4 Å². The molecule has 0 bridgehead atoms. The molecule has 2 heterocycles. The van der Waals surface area contributed by atoms with Crippen LogP contribution in [0, 0.1) is 0 Å². The van der Waals surface area contributed by atoms with Crippen molar-refractivity contribution in [2.24, 2.45) is 4.99 Å². The summed E-state index contributed by atoms with van der Waals surface area (Å²) in [5, 5.41) is 10.6. The van der Waals surface area contributed by atoms with Gasteiger partial charge in [-0.1, -0.05) is 55.3 Å². The highest BCUT2D eigenvalue weighted by Gasteiger charge is 2.17. The molecule has 1 aliphatic heterocycles. The van der Waals surface area contributed by atoms with Crippen molar-refractivity contribution in [3.05, 3.63) is 77.1 Å². The van der Waals surface area contributed by atoms with Crippen LogP contribution in [-0.4, -0.2) is 15.9 Å². The minimum absolute atomic E-state index is 0.0238. The van der Waals surface area contributed by atoms with Gasteiger partial charge in [0.05, 0.1) is 17.1 Å². The lowest BCUT2D eigenvalue weighted by molar-refractivity contribution is 0.420. The third-order valence-corrected chi connectivity index (χ3v) is 5.92. The SMILES string of the molecule is O=c1sc(C=C2C=Nc3ccc(Br)cc32)c(O)n1Cc1cccc(Br)c1. The number of halogens is 2. The molecule has 0 radical (unpaired) electrons. The van der Waals surface area contributed by atoms with Gasteiger partial charge in [0.15, 0.2) is 0 Å². The van der Waals surface area contributed by atoms with Crippen LogP contribution < -0.4 is 4.87 Å². The zero-order valence-corrected chi connectivity index (χ0v) is 17.3. The Kier molecular flexibility index (Phi) is 4.69. The lowest BCUT2D eigenvalue weighted by Gasteiger charge is -2.05. The molecule has 0 amide bonds. The molecule has 1 N–H and O–H groups in total. The van der Waals surface area contributed by atoms with Crippen LogP contribution in [0.4, 0.5) is 5.69 Å². The summed E-state index contributed by atoms with van der Waals surface area (Å²) in [6.45, 7) is 0.319. The molecular weight excluding hydrogens is 480 g/mol. The number of aliphatic imine (C=N–C) groups is 1. The van der Waals surface area contributed by atoms with Crippen LogP contribution in [0.25, 0.3) is 11.6 Å². The van der Waals surface area contributed by atoms with E-state index in [9.17, 15) is 9.90 Å². The van der Waals surface area contributed by atoms with Gasteiger partial charge in [-0.3, -0.25) is 14.4 Å². The second kappa shape index (κ2) is 6.98. The summed E-state index contributed by atoms with van der Waals surface area (Å²) >= 11 is 7.91. The lowest BCUT2D eigenvalue weighted by atomic mass is 10.1. The fourth-order valence-electron chi connectivity index (χ4n) is 2.78. The minimum atomic E-state index is -0.196. The molecule has 0 unspecified atom stereocenters. The normalized spacial score (nSPS) is 14.2. The summed E-state index contributed by atoms with van der Waals surface area (Å²) in [5.74, 6) is -0.0238. The van der Waals surface area contributed by atoms with Gasteiger partial charge in [0.1, 0.15) is 0 Å². The quantitative estimate of drug-likeness (QED) is 0.530. The minimum Gasteiger partial charge on any atom is -0.493 e. The number of rotatable bonds is 3. The number of thiazole rings is 1. The van der Waals surface area contributed by atoms with Gasteiger partial charge >= 0.3 is 4.87 Å². The fraction of sp³-hybridized carbons (Fsp3) is 0.0526. The van der Waals surface area contributed by atoms with Gasteiger partial charge in [-0.15, -0.1) is 0 Å². The first kappa shape index (κ1) is 17.5. The zero-order chi connectivity index (χ0) is 18.3. The molecule has 1 aromatic heterocycles. The van der Waals surface area contributed by atoms with Crippen molar-refractivity contribution in [3.63, 3.8) is 0 Å². The van der Waals surface area contributed by atoms with Crippen molar-refractivity contribution >= 4 is 66.7 Å². The first-order valence-electron chi connectivity index (χ1n) is 7.74. The second-order valence-electron chi connectivity index (χ2n) is 5.79. The maximum absolute atomic E-state index is 12.4. The van der Waals surface area contributed by atoms with Crippen LogP contribution in [0.5, 0.6) is 5.88 Å². The molecule has 3 aromatic rings. The van der Waals surface area contributed by atoms with Crippen LogP contribution in [-0.2, 0) is 6.54 Å². The third kappa shape index (κ3) is 3.34. The smallest absolute Gasteiger partial charge is 0.310 e. The van der Waals surface area contributed by atoms with Crippen molar-refractivity contribution in [1.82, 2.24) is 4.57 Å². The number of fused-ring (bicyclic) bond motifs is 1. The lowest BCUT2D eigenvalue weighted by Crippen LogP contribution is -2.13. The zero-order valence-electron chi connectivity index (χ0n) is 13.3. The van der Waals surface area contributed by atoms with E-state index in [1.165, 1.54) is 4.57 Å². The summed E-state index contributed by atoms with van der Waals surface area (Å²) in [6, 6.07) is 13.5. The number of benzene rings is 2. The summed E-state index contributed by atoms with van der Waals surface area (Å²) in [5.41, 5.74) is 3.65. The van der Waals surface area contributed by atoms with E-state index in [-0.39, 0.29) is 10.8 Å². The Balaban J connectivity index is 1.71. The predicted molar refractivity (Wildman–Crippen MR) is 114 cm³/mol. The molecule has 0 aliphatic carbocycles. The Labute approximate surface area is 170 Å². The maximum Gasteiger partial charge on any atom is 0.310 e. The van der Waals surface area contributed by atoms with Gasteiger partial charge in [0.25, 0.3) is 0 Å². The molecule has 0 spiro atoms. The molecule has 0 fully saturated rings. The Morgan fingerprint density at radius 1 is 1.15 bits per heavy atom. The highest BCUT2D eigenvalue weighted by atomic mass is 79.9. The Bertz CT molecular complexity index is 1130. The van der Waals surface area contributed by atoms with Crippen LogP contribution in [0.3, 0.4) is 0 Å². The summed E-state index contributed by atoms with van der Waals surface area (Å²) in [7, 11) is 0. The van der Waals surface area contributed by atoms with E-state index in [1.54, 1.807) is 12.3 Å². The largest absolute Gasteiger partial charge is 0.493 e. The standard InChI is InChI=1S/C19H12Br2N2O2S/c20-13-3-1-2-11(6-13)10-23-18(24)17(26-19(23)25)7-12-9-22-16-5-4-14(21)8-15(12)16/h1-9,24H,10H2. The Hall–Kier alpha value is -1.96. The highest BCUT2D eigenvalue weighted by molar-refractivity contribution is 9.10. The van der Waals surface area contributed by atoms with E-state index in [4.69, 9.17) is 0 Å². The molecule has 7 heteroatoms. The van der Waals surface area contributed by atoms with Gasteiger partial charge in [0.2, 0.25) is 5.88 Å². The summed E-state index contributed by atoms with van der Waals surface area (Å²) in [6.07, 6.45) is 3.56. The van der Waals surface area contributed by atoms with E-state index < -0.39 is 0 Å². The fourth-order valence-corrected chi connectivity index (χ4v) is 4.43. The molecule has 26 heavy (non-hydrogen) atoms. The maximum atomic E-state index is 12.4. The molecule has 0 saturated carbocycles. The van der Waals surface area contributed by atoms with Crippen LogP contribution >= 0.6 is 43.2 Å². The number of aromatic hydroxyl groups is 1. The highest BCUT2D eigenvalue weighted by Crippen LogP contribution is 2.36. The van der Waals surface area contributed by atoms with Gasteiger partial charge in [-0.2, -0.15) is 0 Å². The number of hydrogen-bond donors (Lipinski definition) is 1. The first-order chi connectivity index (χ1) is 12.5. The van der Waals surface area contributed by atoms with Crippen LogP contribution in [0.2, 0.25) is 0 Å². The Morgan fingerprint density at radius 2 is 1.96 bits per heavy atom.